The highest BCUT2D eigenvalue weighted by Crippen LogP contribution is 2.71. The summed E-state index contributed by atoms with van der Waals surface area (Å²) in [7, 11) is -2.99. The molecule has 0 aromatic heterocycles. The van der Waals surface area contributed by atoms with E-state index in [4.69, 9.17) is 0 Å². The van der Waals surface area contributed by atoms with Crippen LogP contribution in [-0.2, 0) is 0 Å². The molecule has 0 spiro atoms. The van der Waals surface area contributed by atoms with Crippen molar-refractivity contribution >= 4 is 15.2 Å². The standard InChI is InChI=1S/C36H66Si2/c1-7-19-31(20-8-1)37(32-21-9-2-10-22-32,33-23-11-3-12-24-33)38(34-25-13-4-14-26-34,35-27-15-5-16-28-35)36-29-17-6-18-30-36/h31-36H,1-30H2. The van der Waals surface area contributed by atoms with Gasteiger partial charge >= 0.3 is 0 Å². The largest absolute Gasteiger partial charge is 0.0578 e. The van der Waals surface area contributed by atoms with Crippen LogP contribution in [0.25, 0.3) is 0 Å². The Morgan fingerprint density at radius 2 is 0.316 bits per heavy atom. The van der Waals surface area contributed by atoms with E-state index in [1.807, 2.05) is 0 Å². The minimum atomic E-state index is -1.50. The van der Waals surface area contributed by atoms with Crippen LogP contribution in [-0.4, -0.2) is 15.2 Å². The lowest BCUT2D eigenvalue weighted by Gasteiger charge is -2.70. The molecule has 0 unspecified atom stereocenters. The molecule has 6 fully saturated rings. The molecule has 0 bridgehead atoms. The Hall–Kier alpha value is 0.434. The molecule has 0 N–H and O–H groups in total. The molecule has 0 nitrogen and oxygen atoms in total. The monoisotopic (exact) mass is 554 g/mol. The van der Waals surface area contributed by atoms with Gasteiger partial charge in [-0.05, 0) is 33.2 Å². The predicted octanol–water partition coefficient (Wildman–Crippen LogP) is 13.0. The maximum atomic E-state index is 1.72. The van der Waals surface area contributed by atoms with Crippen molar-refractivity contribution in [1.29, 1.82) is 0 Å². The Kier molecular flexibility index (Phi) is 10.2. The van der Waals surface area contributed by atoms with Crippen molar-refractivity contribution in [2.45, 2.75) is 226 Å². The molecule has 0 saturated heterocycles. The van der Waals surface area contributed by atoms with Gasteiger partial charge in [0, 0.05) is 0 Å². The van der Waals surface area contributed by atoms with Crippen molar-refractivity contribution in [3.63, 3.8) is 0 Å². The van der Waals surface area contributed by atoms with Gasteiger partial charge in [0.05, 0.1) is 15.2 Å². The zero-order chi connectivity index (χ0) is 25.7. The van der Waals surface area contributed by atoms with Gasteiger partial charge in [-0.25, -0.2) is 0 Å². The second kappa shape index (κ2) is 13.6. The van der Waals surface area contributed by atoms with E-state index in [0.29, 0.717) is 0 Å². The number of rotatable bonds is 7. The predicted molar refractivity (Wildman–Crippen MR) is 173 cm³/mol. The molecule has 218 valence electrons. The van der Waals surface area contributed by atoms with E-state index in [1.165, 1.54) is 33.2 Å². The fourth-order valence-electron chi connectivity index (χ4n) is 13.6. The average molecular weight is 555 g/mol. The lowest BCUT2D eigenvalue weighted by atomic mass is 9.98. The zero-order valence-electron chi connectivity index (χ0n) is 25.7. The molecule has 6 aliphatic rings. The summed E-state index contributed by atoms with van der Waals surface area (Å²) < 4.78 is 0. The minimum Gasteiger partial charge on any atom is -0.0533 e. The van der Waals surface area contributed by atoms with E-state index in [9.17, 15) is 0 Å². The molecule has 6 saturated carbocycles. The summed E-state index contributed by atoms with van der Waals surface area (Å²) in [6.07, 6.45) is 49.7. The Balaban J connectivity index is 1.60. The van der Waals surface area contributed by atoms with Gasteiger partial charge in [-0.2, -0.15) is 0 Å². The van der Waals surface area contributed by atoms with Crippen LogP contribution in [0.2, 0.25) is 33.2 Å². The van der Waals surface area contributed by atoms with Crippen LogP contribution in [0.5, 0.6) is 0 Å². The molecule has 0 heterocycles. The van der Waals surface area contributed by atoms with Gasteiger partial charge in [-0.3, -0.25) is 0 Å². The van der Waals surface area contributed by atoms with Crippen molar-refractivity contribution in [3.05, 3.63) is 0 Å². The van der Waals surface area contributed by atoms with Crippen molar-refractivity contribution in [1.82, 2.24) is 0 Å². The Morgan fingerprint density at radius 3 is 0.447 bits per heavy atom. The van der Waals surface area contributed by atoms with Crippen LogP contribution >= 0.6 is 0 Å². The van der Waals surface area contributed by atoms with E-state index in [1.54, 1.807) is 193 Å². The minimum absolute atomic E-state index is 1.28. The molecule has 0 aromatic carbocycles. The van der Waals surface area contributed by atoms with Crippen LogP contribution in [0.4, 0.5) is 0 Å². The molecule has 6 rings (SSSR count). The molecular weight excluding hydrogens is 489 g/mol. The SMILES string of the molecule is C1CCC([Si](C2CCCCC2)(C2CCCCC2)[Si](C2CCCCC2)(C2CCCCC2)C2CCCCC2)CC1. The van der Waals surface area contributed by atoms with Gasteiger partial charge in [0.2, 0.25) is 0 Å². The van der Waals surface area contributed by atoms with E-state index in [-0.39, 0.29) is 0 Å². The Bertz CT molecular complexity index is 529. The highest BCUT2D eigenvalue weighted by molar-refractivity contribution is 7.45. The molecule has 0 radical (unpaired) electrons. The van der Waals surface area contributed by atoms with E-state index < -0.39 is 15.2 Å². The zero-order valence-corrected chi connectivity index (χ0v) is 27.7. The fourth-order valence-corrected chi connectivity index (χ4v) is 48.0. The number of hydrogen-bond donors (Lipinski definition) is 0. The summed E-state index contributed by atoms with van der Waals surface area (Å²) >= 11 is 0. The smallest absolute Gasteiger partial charge is 0.0533 e. The van der Waals surface area contributed by atoms with Crippen LogP contribution in [0.1, 0.15) is 193 Å². The Labute approximate surface area is 240 Å². The van der Waals surface area contributed by atoms with Crippen LogP contribution in [0, 0.1) is 0 Å². The van der Waals surface area contributed by atoms with Gasteiger partial charge in [0.15, 0.2) is 0 Å². The van der Waals surface area contributed by atoms with Crippen LogP contribution < -0.4 is 0 Å². The van der Waals surface area contributed by atoms with Crippen LogP contribution in [0.3, 0.4) is 0 Å². The maximum Gasteiger partial charge on any atom is 0.0578 e. The van der Waals surface area contributed by atoms with Gasteiger partial charge in [0.25, 0.3) is 0 Å². The Morgan fingerprint density at radius 1 is 0.184 bits per heavy atom. The van der Waals surface area contributed by atoms with Crippen molar-refractivity contribution in [2.75, 3.05) is 0 Å². The van der Waals surface area contributed by atoms with E-state index >= 15 is 0 Å². The summed E-state index contributed by atoms with van der Waals surface area (Å²) in [6, 6.07) is 0. The molecule has 0 aliphatic heterocycles. The first-order valence-electron chi connectivity index (χ1n) is 18.9. The second-order valence-electron chi connectivity index (χ2n) is 15.9. The summed E-state index contributed by atoms with van der Waals surface area (Å²) in [5.74, 6) is 0. The topological polar surface area (TPSA) is 0 Å². The fraction of sp³-hybridized carbons (Fsp3) is 1.00. The average Bonchev–Trinajstić information content (AvgIpc) is 3.02. The van der Waals surface area contributed by atoms with Crippen LogP contribution in [0.15, 0.2) is 0 Å². The lowest BCUT2D eigenvalue weighted by Crippen LogP contribution is -2.76. The third-order valence-electron chi connectivity index (χ3n) is 14.4. The molecule has 6 aliphatic carbocycles. The van der Waals surface area contributed by atoms with Gasteiger partial charge in [0.1, 0.15) is 0 Å². The molecule has 0 atom stereocenters. The van der Waals surface area contributed by atoms with Crippen molar-refractivity contribution in [2.24, 2.45) is 0 Å². The molecule has 38 heavy (non-hydrogen) atoms. The summed E-state index contributed by atoms with van der Waals surface area (Å²) in [5.41, 5.74) is 7.67. The normalized spacial score (nSPS) is 30.0. The maximum absolute atomic E-state index is 1.72. The highest BCUT2D eigenvalue weighted by Gasteiger charge is 2.71. The molecule has 2 heteroatoms. The molecular formula is C36H66Si2. The van der Waals surface area contributed by atoms with Crippen molar-refractivity contribution < 1.29 is 0 Å². The van der Waals surface area contributed by atoms with Gasteiger partial charge < -0.3 is 0 Å². The summed E-state index contributed by atoms with van der Waals surface area (Å²) in [6.45, 7) is 0. The van der Waals surface area contributed by atoms with E-state index in [2.05, 4.69) is 0 Å². The summed E-state index contributed by atoms with van der Waals surface area (Å²) in [4.78, 5) is 0. The quantitative estimate of drug-likeness (QED) is 0.274. The molecule has 0 amide bonds. The first kappa shape index (κ1) is 28.5. The molecule has 0 aromatic rings. The number of hydrogen-bond acceptors (Lipinski definition) is 0. The third-order valence-corrected chi connectivity index (χ3v) is 39.4. The van der Waals surface area contributed by atoms with Crippen molar-refractivity contribution in [3.8, 4) is 0 Å². The first-order chi connectivity index (χ1) is 18.9. The van der Waals surface area contributed by atoms with E-state index in [0.717, 1.165) is 0 Å². The summed E-state index contributed by atoms with van der Waals surface area (Å²) in [5, 5.41) is 0. The van der Waals surface area contributed by atoms with Gasteiger partial charge in [-0.15, -0.1) is 0 Å². The lowest BCUT2D eigenvalue weighted by molar-refractivity contribution is 0.397. The highest BCUT2D eigenvalue weighted by atomic mass is 29.3. The first-order valence-corrected chi connectivity index (χ1v) is 24.3. The second-order valence-corrected chi connectivity index (χ2v) is 29.7. The third kappa shape index (κ3) is 5.24. The van der Waals surface area contributed by atoms with Gasteiger partial charge in [-0.1, -0.05) is 193 Å².